The summed E-state index contributed by atoms with van der Waals surface area (Å²) in [6.07, 6.45) is 0.748. The van der Waals surface area contributed by atoms with Crippen molar-refractivity contribution < 1.29 is 13.2 Å². The third kappa shape index (κ3) is 4.24. The van der Waals surface area contributed by atoms with Gasteiger partial charge in [0.2, 0.25) is 5.91 Å². The second-order valence-electron chi connectivity index (χ2n) is 4.68. The molecule has 1 atom stereocenters. The Labute approximate surface area is 114 Å². The van der Waals surface area contributed by atoms with E-state index in [4.69, 9.17) is 5.73 Å². The Bertz CT molecular complexity index is 567. The van der Waals surface area contributed by atoms with Crippen molar-refractivity contribution in [3.05, 3.63) is 23.8 Å². The number of carbonyl (C=O) groups is 1. The summed E-state index contributed by atoms with van der Waals surface area (Å²) >= 11 is 0. The Morgan fingerprint density at radius 3 is 2.63 bits per heavy atom. The molecule has 0 aliphatic heterocycles. The van der Waals surface area contributed by atoms with Gasteiger partial charge in [-0.3, -0.25) is 4.79 Å². The minimum atomic E-state index is -3.70. The van der Waals surface area contributed by atoms with Crippen LogP contribution in [0.25, 0.3) is 0 Å². The molecule has 0 saturated carbocycles. The predicted octanol–water partition coefficient (Wildman–Crippen LogP) is 1.27. The molecule has 1 amide bonds. The van der Waals surface area contributed by atoms with Gasteiger partial charge in [-0.05, 0) is 38.0 Å². The lowest BCUT2D eigenvalue weighted by Gasteiger charge is -2.12. The van der Waals surface area contributed by atoms with E-state index in [1.54, 1.807) is 13.0 Å². The minimum Gasteiger partial charge on any atom is -0.398 e. The number of aryl methyl sites for hydroxylation is 1. The van der Waals surface area contributed by atoms with Crippen LogP contribution in [0.1, 0.15) is 25.8 Å². The van der Waals surface area contributed by atoms with Gasteiger partial charge in [0, 0.05) is 6.04 Å². The third-order valence-corrected chi connectivity index (χ3v) is 4.51. The molecule has 106 valence electrons. The van der Waals surface area contributed by atoms with Gasteiger partial charge in [-0.15, -0.1) is 0 Å². The van der Waals surface area contributed by atoms with Crippen LogP contribution in [0, 0.1) is 6.92 Å². The SMILES string of the molecule is CCC(C)NC(=O)CS(=O)(=O)c1cc(C)ccc1N. The lowest BCUT2D eigenvalue weighted by Crippen LogP contribution is -2.36. The molecule has 0 aromatic heterocycles. The second-order valence-corrected chi connectivity index (χ2v) is 6.64. The van der Waals surface area contributed by atoms with Gasteiger partial charge in [0.25, 0.3) is 0 Å². The average molecular weight is 284 g/mol. The van der Waals surface area contributed by atoms with E-state index in [9.17, 15) is 13.2 Å². The summed E-state index contributed by atoms with van der Waals surface area (Å²) < 4.78 is 24.3. The highest BCUT2D eigenvalue weighted by atomic mass is 32.2. The Morgan fingerprint density at radius 2 is 2.05 bits per heavy atom. The molecule has 1 aromatic carbocycles. The van der Waals surface area contributed by atoms with Gasteiger partial charge < -0.3 is 11.1 Å². The highest BCUT2D eigenvalue weighted by Gasteiger charge is 2.22. The first-order valence-corrected chi connectivity index (χ1v) is 7.79. The molecule has 0 aliphatic rings. The molecule has 0 bridgehead atoms. The molecular weight excluding hydrogens is 264 g/mol. The minimum absolute atomic E-state index is 0.0202. The van der Waals surface area contributed by atoms with Crippen LogP contribution in [-0.4, -0.2) is 26.1 Å². The van der Waals surface area contributed by atoms with E-state index in [2.05, 4.69) is 5.32 Å². The molecule has 0 radical (unpaired) electrons. The Hall–Kier alpha value is -1.56. The lowest BCUT2D eigenvalue weighted by atomic mass is 10.2. The number of hydrogen-bond donors (Lipinski definition) is 2. The second kappa shape index (κ2) is 6.06. The van der Waals surface area contributed by atoms with E-state index in [0.717, 1.165) is 12.0 Å². The summed E-state index contributed by atoms with van der Waals surface area (Å²) in [7, 11) is -3.70. The predicted molar refractivity (Wildman–Crippen MR) is 75.5 cm³/mol. The zero-order valence-corrected chi connectivity index (χ0v) is 12.3. The highest BCUT2D eigenvalue weighted by Crippen LogP contribution is 2.20. The number of carbonyl (C=O) groups excluding carboxylic acids is 1. The number of rotatable bonds is 5. The first-order chi connectivity index (χ1) is 8.76. The fraction of sp³-hybridized carbons (Fsp3) is 0.462. The average Bonchev–Trinajstić information content (AvgIpc) is 2.31. The molecule has 5 nitrogen and oxygen atoms in total. The summed E-state index contributed by atoms with van der Waals surface area (Å²) in [4.78, 5) is 11.7. The van der Waals surface area contributed by atoms with Crippen molar-refractivity contribution in [3.8, 4) is 0 Å². The Kier molecular flexibility index (Phi) is 4.94. The highest BCUT2D eigenvalue weighted by molar-refractivity contribution is 7.92. The number of nitrogen functional groups attached to an aromatic ring is 1. The van der Waals surface area contributed by atoms with E-state index >= 15 is 0 Å². The molecule has 6 heteroatoms. The smallest absolute Gasteiger partial charge is 0.235 e. The van der Waals surface area contributed by atoms with Crippen LogP contribution in [0.2, 0.25) is 0 Å². The van der Waals surface area contributed by atoms with Gasteiger partial charge in [0.05, 0.1) is 10.6 Å². The van der Waals surface area contributed by atoms with Crippen LogP contribution in [0.4, 0.5) is 5.69 Å². The first kappa shape index (κ1) is 15.5. The van der Waals surface area contributed by atoms with Crippen molar-refractivity contribution >= 4 is 21.4 Å². The fourth-order valence-electron chi connectivity index (χ4n) is 1.58. The van der Waals surface area contributed by atoms with Crippen molar-refractivity contribution in [1.29, 1.82) is 0 Å². The number of anilines is 1. The largest absolute Gasteiger partial charge is 0.398 e. The number of nitrogens with two attached hydrogens (primary N) is 1. The molecule has 0 saturated heterocycles. The standard InChI is InChI=1S/C13H20N2O3S/c1-4-10(3)15-13(16)8-19(17,18)12-7-9(2)5-6-11(12)14/h5-7,10H,4,8,14H2,1-3H3,(H,15,16). The van der Waals surface area contributed by atoms with E-state index in [1.165, 1.54) is 12.1 Å². The first-order valence-electron chi connectivity index (χ1n) is 6.14. The van der Waals surface area contributed by atoms with Crippen LogP contribution < -0.4 is 11.1 Å². The molecular formula is C13H20N2O3S. The summed E-state index contributed by atoms with van der Waals surface area (Å²) in [5, 5.41) is 2.63. The van der Waals surface area contributed by atoms with E-state index in [-0.39, 0.29) is 16.6 Å². The number of hydrogen-bond acceptors (Lipinski definition) is 4. The maximum absolute atomic E-state index is 12.1. The number of sulfone groups is 1. The molecule has 1 rings (SSSR count). The van der Waals surface area contributed by atoms with Crippen molar-refractivity contribution in [2.75, 3.05) is 11.5 Å². The van der Waals surface area contributed by atoms with Gasteiger partial charge in [-0.2, -0.15) is 0 Å². The zero-order valence-electron chi connectivity index (χ0n) is 11.4. The fourth-order valence-corrected chi connectivity index (χ4v) is 2.96. The molecule has 0 heterocycles. The Morgan fingerprint density at radius 1 is 1.42 bits per heavy atom. The summed E-state index contributed by atoms with van der Waals surface area (Å²) in [6.45, 7) is 5.52. The monoisotopic (exact) mass is 284 g/mol. The quantitative estimate of drug-likeness (QED) is 0.797. The lowest BCUT2D eigenvalue weighted by molar-refractivity contribution is -0.119. The topological polar surface area (TPSA) is 89.3 Å². The van der Waals surface area contributed by atoms with Crippen molar-refractivity contribution in [2.24, 2.45) is 0 Å². The third-order valence-electron chi connectivity index (χ3n) is 2.85. The summed E-state index contributed by atoms with van der Waals surface area (Å²) in [5.74, 6) is -1.08. The van der Waals surface area contributed by atoms with E-state index in [0.29, 0.717) is 0 Å². The van der Waals surface area contributed by atoms with Crippen LogP contribution in [0.5, 0.6) is 0 Å². The van der Waals surface area contributed by atoms with E-state index in [1.807, 2.05) is 13.8 Å². The Balaban J connectivity index is 2.93. The molecule has 0 aliphatic carbocycles. The van der Waals surface area contributed by atoms with Crippen LogP contribution in [-0.2, 0) is 14.6 Å². The number of benzene rings is 1. The maximum Gasteiger partial charge on any atom is 0.235 e. The molecule has 1 unspecified atom stereocenters. The van der Waals surface area contributed by atoms with Gasteiger partial charge in [-0.25, -0.2) is 8.42 Å². The van der Waals surface area contributed by atoms with Crippen molar-refractivity contribution in [3.63, 3.8) is 0 Å². The number of amides is 1. The van der Waals surface area contributed by atoms with Crippen molar-refractivity contribution in [1.82, 2.24) is 5.32 Å². The van der Waals surface area contributed by atoms with Gasteiger partial charge in [-0.1, -0.05) is 13.0 Å². The van der Waals surface area contributed by atoms with Gasteiger partial charge in [0.15, 0.2) is 9.84 Å². The molecule has 3 N–H and O–H groups in total. The normalized spacial score (nSPS) is 13.0. The van der Waals surface area contributed by atoms with E-state index < -0.39 is 21.5 Å². The molecule has 0 fully saturated rings. The van der Waals surface area contributed by atoms with Gasteiger partial charge in [0.1, 0.15) is 5.75 Å². The molecule has 0 spiro atoms. The molecule has 19 heavy (non-hydrogen) atoms. The van der Waals surface area contributed by atoms with Gasteiger partial charge >= 0.3 is 0 Å². The van der Waals surface area contributed by atoms with Crippen molar-refractivity contribution in [2.45, 2.75) is 38.1 Å². The van der Waals surface area contributed by atoms with Crippen LogP contribution in [0.15, 0.2) is 23.1 Å². The summed E-state index contributed by atoms with van der Waals surface area (Å²) in [5.41, 5.74) is 6.62. The van der Waals surface area contributed by atoms with Crippen LogP contribution in [0.3, 0.4) is 0 Å². The summed E-state index contributed by atoms with van der Waals surface area (Å²) in [6, 6.07) is 4.71. The zero-order chi connectivity index (χ0) is 14.6. The van der Waals surface area contributed by atoms with Crippen LogP contribution >= 0.6 is 0 Å². The maximum atomic E-state index is 12.1. The number of nitrogens with one attached hydrogen (secondary N) is 1. The molecule has 1 aromatic rings.